The number of rotatable bonds is 3. The number of aromatic amines is 1. The third-order valence-electron chi connectivity index (χ3n) is 3.42. The number of aryl methyl sites for hydroxylation is 1. The second-order valence-corrected chi connectivity index (χ2v) is 6.18. The number of ether oxygens (including phenoxy) is 1. The number of hydrogen-bond donors (Lipinski definition) is 1. The van der Waals surface area contributed by atoms with Crippen molar-refractivity contribution in [1.82, 2.24) is 9.97 Å². The fraction of sp³-hybridized carbons (Fsp3) is 0.222. The number of benzene rings is 2. The molecule has 5 heteroatoms. The lowest BCUT2D eigenvalue weighted by atomic mass is 10.1. The Labute approximate surface area is 139 Å². The molecule has 0 saturated heterocycles. The summed E-state index contributed by atoms with van der Waals surface area (Å²) in [6.07, 6.45) is 0.0300. The van der Waals surface area contributed by atoms with E-state index in [0.29, 0.717) is 27.5 Å². The highest BCUT2D eigenvalue weighted by Crippen LogP contribution is 2.30. The zero-order valence-electron chi connectivity index (χ0n) is 13.2. The van der Waals surface area contributed by atoms with E-state index >= 15 is 0 Å². The Morgan fingerprint density at radius 2 is 1.96 bits per heavy atom. The van der Waals surface area contributed by atoms with Gasteiger partial charge in [-0.25, -0.2) is 4.98 Å². The quantitative estimate of drug-likeness (QED) is 0.778. The van der Waals surface area contributed by atoms with Crippen LogP contribution in [0.15, 0.2) is 41.2 Å². The average molecular weight is 329 g/mol. The molecule has 0 atom stereocenters. The van der Waals surface area contributed by atoms with Crippen LogP contribution in [-0.4, -0.2) is 16.1 Å². The molecule has 1 aromatic heterocycles. The summed E-state index contributed by atoms with van der Waals surface area (Å²) in [7, 11) is 0. The van der Waals surface area contributed by atoms with Crippen LogP contribution in [0.2, 0.25) is 5.02 Å². The predicted molar refractivity (Wildman–Crippen MR) is 93.3 cm³/mol. The topological polar surface area (TPSA) is 55.0 Å². The molecule has 0 bridgehead atoms. The van der Waals surface area contributed by atoms with E-state index in [4.69, 9.17) is 16.3 Å². The number of nitrogens with one attached hydrogen (secondary N) is 1. The second-order valence-electron chi connectivity index (χ2n) is 5.74. The van der Waals surface area contributed by atoms with Crippen molar-refractivity contribution in [2.75, 3.05) is 0 Å². The number of aromatic nitrogens is 2. The fourth-order valence-corrected chi connectivity index (χ4v) is 2.60. The predicted octanol–water partition coefficient (Wildman–Crippen LogP) is 4.34. The van der Waals surface area contributed by atoms with E-state index in [9.17, 15) is 4.79 Å². The zero-order valence-corrected chi connectivity index (χ0v) is 13.9. The lowest BCUT2D eigenvalue weighted by Crippen LogP contribution is -2.11. The van der Waals surface area contributed by atoms with Gasteiger partial charge in [0.25, 0.3) is 5.56 Å². The molecule has 0 aliphatic rings. The summed E-state index contributed by atoms with van der Waals surface area (Å²) in [5.41, 5.74) is 2.22. The first-order valence-corrected chi connectivity index (χ1v) is 7.79. The van der Waals surface area contributed by atoms with Gasteiger partial charge in [-0.3, -0.25) is 4.79 Å². The zero-order chi connectivity index (χ0) is 16.6. The fourth-order valence-electron chi connectivity index (χ4n) is 2.42. The molecule has 0 amide bonds. The Morgan fingerprint density at radius 1 is 1.17 bits per heavy atom. The summed E-state index contributed by atoms with van der Waals surface area (Å²) in [6.45, 7) is 5.91. The summed E-state index contributed by atoms with van der Waals surface area (Å²) in [4.78, 5) is 19.7. The smallest absolute Gasteiger partial charge is 0.259 e. The van der Waals surface area contributed by atoms with Crippen LogP contribution in [0.1, 0.15) is 19.4 Å². The molecule has 0 radical (unpaired) electrons. The molecule has 0 aliphatic carbocycles. The largest absolute Gasteiger partial charge is 0.490 e. The van der Waals surface area contributed by atoms with Crippen LogP contribution in [-0.2, 0) is 0 Å². The highest BCUT2D eigenvalue weighted by atomic mass is 35.5. The van der Waals surface area contributed by atoms with E-state index in [1.54, 1.807) is 18.2 Å². The molecular formula is C18H17ClN2O2. The maximum Gasteiger partial charge on any atom is 0.259 e. The number of hydrogen-bond acceptors (Lipinski definition) is 3. The van der Waals surface area contributed by atoms with Gasteiger partial charge in [-0.1, -0.05) is 23.2 Å². The molecular weight excluding hydrogens is 312 g/mol. The lowest BCUT2D eigenvalue weighted by Gasteiger charge is -2.14. The molecule has 2 aromatic carbocycles. The SMILES string of the molecule is Cc1ccc(OC(C)C)c(-c2nc3ccc(Cl)cc3c(=O)[nH]2)c1. The first kappa shape index (κ1) is 15.6. The number of halogens is 1. The van der Waals surface area contributed by atoms with Crippen LogP contribution in [0.3, 0.4) is 0 Å². The van der Waals surface area contributed by atoms with E-state index in [1.807, 2.05) is 39.0 Å². The molecule has 1 heterocycles. The van der Waals surface area contributed by atoms with Crippen LogP contribution in [0.5, 0.6) is 5.75 Å². The Bertz CT molecular complexity index is 932. The number of nitrogens with zero attached hydrogens (tertiary/aromatic N) is 1. The Morgan fingerprint density at radius 3 is 2.70 bits per heavy atom. The number of fused-ring (bicyclic) bond motifs is 1. The standard InChI is InChI=1S/C18H17ClN2O2/c1-10(2)23-16-7-4-11(3)8-14(16)17-20-15-6-5-12(19)9-13(15)18(22)21-17/h4-10H,1-3H3,(H,20,21,22). The van der Waals surface area contributed by atoms with Crippen LogP contribution in [0.4, 0.5) is 0 Å². The highest BCUT2D eigenvalue weighted by Gasteiger charge is 2.13. The summed E-state index contributed by atoms with van der Waals surface area (Å²) in [5.74, 6) is 1.19. The molecule has 0 fully saturated rings. The third kappa shape index (κ3) is 3.22. The maximum atomic E-state index is 12.3. The van der Waals surface area contributed by atoms with Crippen molar-refractivity contribution in [2.45, 2.75) is 26.9 Å². The molecule has 3 aromatic rings. The van der Waals surface area contributed by atoms with Gasteiger partial charge in [0.05, 0.1) is 22.6 Å². The van der Waals surface area contributed by atoms with Crippen LogP contribution in [0.25, 0.3) is 22.3 Å². The molecule has 0 aliphatic heterocycles. The minimum Gasteiger partial charge on any atom is -0.490 e. The van der Waals surface area contributed by atoms with Crippen molar-refractivity contribution in [3.8, 4) is 17.1 Å². The van der Waals surface area contributed by atoms with E-state index in [0.717, 1.165) is 11.1 Å². The lowest BCUT2D eigenvalue weighted by molar-refractivity contribution is 0.243. The van der Waals surface area contributed by atoms with E-state index in [2.05, 4.69) is 9.97 Å². The van der Waals surface area contributed by atoms with Crippen molar-refractivity contribution in [1.29, 1.82) is 0 Å². The molecule has 118 valence electrons. The molecule has 0 spiro atoms. The van der Waals surface area contributed by atoms with E-state index in [1.165, 1.54) is 0 Å². The third-order valence-corrected chi connectivity index (χ3v) is 3.66. The van der Waals surface area contributed by atoms with Gasteiger partial charge in [0, 0.05) is 5.02 Å². The molecule has 0 saturated carbocycles. The molecule has 3 rings (SSSR count). The summed E-state index contributed by atoms with van der Waals surface area (Å²) >= 11 is 5.95. The van der Waals surface area contributed by atoms with Gasteiger partial charge in [-0.05, 0) is 51.1 Å². The Hall–Kier alpha value is -2.33. The van der Waals surface area contributed by atoms with Crippen LogP contribution in [0, 0.1) is 6.92 Å². The molecule has 23 heavy (non-hydrogen) atoms. The van der Waals surface area contributed by atoms with Crippen molar-refractivity contribution in [3.63, 3.8) is 0 Å². The monoisotopic (exact) mass is 328 g/mol. The van der Waals surface area contributed by atoms with Gasteiger partial charge in [-0.15, -0.1) is 0 Å². The summed E-state index contributed by atoms with van der Waals surface area (Å²) in [5, 5.41) is 0.983. The Kier molecular flexibility index (Phi) is 4.09. The minimum atomic E-state index is -0.218. The summed E-state index contributed by atoms with van der Waals surface area (Å²) in [6, 6.07) is 10.9. The average Bonchev–Trinajstić information content (AvgIpc) is 2.49. The number of H-pyrrole nitrogens is 1. The van der Waals surface area contributed by atoms with Crippen molar-refractivity contribution < 1.29 is 4.74 Å². The van der Waals surface area contributed by atoms with Crippen molar-refractivity contribution in [2.24, 2.45) is 0 Å². The van der Waals surface area contributed by atoms with E-state index in [-0.39, 0.29) is 11.7 Å². The first-order chi connectivity index (χ1) is 10.9. The van der Waals surface area contributed by atoms with Crippen molar-refractivity contribution in [3.05, 3.63) is 57.3 Å². The van der Waals surface area contributed by atoms with Crippen LogP contribution >= 0.6 is 11.6 Å². The van der Waals surface area contributed by atoms with E-state index < -0.39 is 0 Å². The van der Waals surface area contributed by atoms with Crippen LogP contribution < -0.4 is 10.3 Å². The summed E-state index contributed by atoms with van der Waals surface area (Å²) < 4.78 is 5.84. The molecule has 1 N–H and O–H groups in total. The molecule has 4 nitrogen and oxygen atoms in total. The van der Waals surface area contributed by atoms with Gasteiger partial charge in [0.15, 0.2) is 0 Å². The maximum absolute atomic E-state index is 12.3. The highest BCUT2D eigenvalue weighted by molar-refractivity contribution is 6.31. The van der Waals surface area contributed by atoms with Gasteiger partial charge in [-0.2, -0.15) is 0 Å². The minimum absolute atomic E-state index is 0.0300. The normalized spacial score (nSPS) is 11.2. The second kappa shape index (κ2) is 6.05. The van der Waals surface area contributed by atoms with Gasteiger partial charge >= 0.3 is 0 Å². The first-order valence-electron chi connectivity index (χ1n) is 7.41. The van der Waals surface area contributed by atoms with Crippen molar-refractivity contribution >= 4 is 22.5 Å². The van der Waals surface area contributed by atoms with Gasteiger partial charge in [0.2, 0.25) is 0 Å². The van der Waals surface area contributed by atoms with Gasteiger partial charge < -0.3 is 9.72 Å². The Balaban J connectivity index is 2.22. The molecule has 0 unspecified atom stereocenters. The van der Waals surface area contributed by atoms with Gasteiger partial charge in [0.1, 0.15) is 11.6 Å².